The zero-order chi connectivity index (χ0) is 28.2. The van der Waals surface area contributed by atoms with Gasteiger partial charge in [-0.2, -0.15) is 0 Å². The first kappa shape index (κ1) is 32.0. The minimum Gasteiger partial charge on any atom is -0.367 e. The number of carbonyl (C=O) groups is 1. The molecule has 0 aliphatic heterocycles. The van der Waals surface area contributed by atoms with Gasteiger partial charge in [-0.15, -0.1) is 0 Å². The highest BCUT2D eigenvalue weighted by molar-refractivity contribution is 7.51. The summed E-state index contributed by atoms with van der Waals surface area (Å²) in [5, 5.41) is 2.79. The molecule has 0 spiro atoms. The number of aromatic nitrogens is 4. The fraction of sp³-hybridized carbons (Fsp3) is 0.429. The Morgan fingerprint density at radius 1 is 0.949 bits per heavy atom. The van der Waals surface area contributed by atoms with Crippen molar-refractivity contribution >= 4 is 30.5 Å². The Hall–Kier alpha value is -3.17. The Kier molecular flexibility index (Phi) is 15.6. The van der Waals surface area contributed by atoms with Crippen LogP contribution in [-0.4, -0.2) is 48.2 Å². The van der Waals surface area contributed by atoms with Gasteiger partial charge in [-0.3, -0.25) is 9.36 Å². The van der Waals surface area contributed by atoms with Crippen LogP contribution in [0.1, 0.15) is 58.3 Å². The van der Waals surface area contributed by atoms with Crippen LogP contribution in [0.2, 0.25) is 0 Å². The molecule has 2 aromatic rings. The van der Waals surface area contributed by atoms with Crippen molar-refractivity contribution in [2.75, 3.05) is 18.3 Å². The average molecular weight is 558 g/mol. The number of ether oxygens (including phenoxy) is 1. The second-order valence-corrected chi connectivity index (χ2v) is 10.3. The van der Waals surface area contributed by atoms with Crippen LogP contribution in [0.4, 0.5) is 5.82 Å². The quantitative estimate of drug-likeness (QED) is 0.111. The van der Waals surface area contributed by atoms with E-state index in [1.807, 2.05) is 0 Å². The molecule has 0 radical (unpaired) electrons. The first-order valence-corrected chi connectivity index (χ1v) is 15.0. The van der Waals surface area contributed by atoms with Crippen molar-refractivity contribution < 1.29 is 23.9 Å². The van der Waals surface area contributed by atoms with Gasteiger partial charge in [0.25, 0.3) is 0 Å². The van der Waals surface area contributed by atoms with Crippen molar-refractivity contribution in [2.45, 2.75) is 64.8 Å². The second-order valence-electron chi connectivity index (χ2n) is 8.68. The number of unbranched alkanes of at least 4 members (excludes halogenated alkanes) is 1. The van der Waals surface area contributed by atoms with Crippen LogP contribution in [-0.2, 0) is 20.6 Å². The Labute approximate surface area is 230 Å². The number of nitrogens with one attached hydrogen (secondary N) is 1. The van der Waals surface area contributed by atoms with Crippen LogP contribution < -0.4 is 5.32 Å². The smallest absolute Gasteiger partial charge is 0.350 e. The van der Waals surface area contributed by atoms with Gasteiger partial charge in [0.15, 0.2) is 17.0 Å². The molecule has 1 amide bonds. The highest BCUT2D eigenvalue weighted by atomic mass is 31.2. The summed E-state index contributed by atoms with van der Waals surface area (Å²) in [6, 6.07) is 0. The third kappa shape index (κ3) is 14.5. The average Bonchev–Trinajstić information content (AvgIpc) is 3.32. The highest BCUT2D eigenvalue weighted by Gasteiger charge is 2.14. The monoisotopic (exact) mass is 557 g/mol. The Bertz CT molecular complexity index is 1200. The molecule has 0 unspecified atom stereocenters. The summed E-state index contributed by atoms with van der Waals surface area (Å²) in [6.45, 7) is 2.52. The van der Waals surface area contributed by atoms with Gasteiger partial charge < -0.3 is 24.4 Å². The van der Waals surface area contributed by atoms with Crippen LogP contribution >= 0.6 is 7.60 Å². The maximum Gasteiger partial charge on any atom is 0.350 e. The third-order valence-corrected chi connectivity index (χ3v) is 5.85. The number of allylic oxidation sites excluding steroid dienone is 10. The maximum absolute atomic E-state index is 12.4. The van der Waals surface area contributed by atoms with Crippen molar-refractivity contribution in [1.29, 1.82) is 0 Å². The minimum absolute atomic E-state index is 0.0814. The Morgan fingerprint density at radius 3 is 2.18 bits per heavy atom. The van der Waals surface area contributed by atoms with E-state index >= 15 is 0 Å². The van der Waals surface area contributed by atoms with Crippen LogP contribution in [0.5, 0.6) is 0 Å². The summed E-state index contributed by atoms with van der Waals surface area (Å²) in [6.07, 6.45) is 30.5. The van der Waals surface area contributed by atoms with Gasteiger partial charge in [0.1, 0.15) is 12.7 Å². The normalized spacial score (nSPS) is 12.9. The summed E-state index contributed by atoms with van der Waals surface area (Å²) in [5.74, 6) is 0.177. The standard InChI is InChI=1S/C28H40N5O5P/c1-2-3-4-5-6-7-8-9-10-11-12-13-14-15-16-17-18-19-25(34)32-27-26-28(30-22-29-27)33(23-31-26)20-21-38-24-39(35,36)37/h3-4,6-7,9-10,12-13,15-16,22-23H,2,5,8,11,14,17-21,24H2,1H3,(H2,35,36,37)(H,29,30,32,34)/b4-3-,7-6-,10-9-,13-12-,16-15-. The molecule has 0 saturated carbocycles. The van der Waals surface area contributed by atoms with Crippen molar-refractivity contribution in [3.8, 4) is 0 Å². The minimum atomic E-state index is -4.21. The predicted molar refractivity (Wildman–Crippen MR) is 155 cm³/mol. The molecule has 11 heteroatoms. The molecule has 2 aromatic heterocycles. The highest BCUT2D eigenvalue weighted by Crippen LogP contribution is 2.33. The van der Waals surface area contributed by atoms with Gasteiger partial charge >= 0.3 is 7.60 Å². The number of hydrogen-bond acceptors (Lipinski definition) is 6. The SMILES string of the molecule is CC/C=C\C/C=C\C/C=C\C/C=C\C/C=C\CCCC(=O)Nc1ncnc2c1ncn2CCOCP(=O)(O)O. The topological polar surface area (TPSA) is 139 Å². The Balaban J connectivity index is 1.62. The van der Waals surface area contributed by atoms with E-state index in [-0.39, 0.29) is 12.5 Å². The molecule has 2 rings (SSSR count). The summed E-state index contributed by atoms with van der Waals surface area (Å²) >= 11 is 0. The number of carbonyl (C=O) groups excluding carboxylic acids is 1. The maximum atomic E-state index is 12.4. The molecule has 39 heavy (non-hydrogen) atoms. The van der Waals surface area contributed by atoms with E-state index in [4.69, 9.17) is 14.5 Å². The van der Waals surface area contributed by atoms with Crippen molar-refractivity contribution in [2.24, 2.45) is 0 Å². The fourth-order valence-corrected chi connectivity index (χ4v) is 3.79. The molecular weight excluding hydrogens is 517 g/mol. The molecule has 212 valence electrons. The lowest BCUT2D eigenvalue weighted by Gasteiger charge is -2.07. The van der Waals surface area contributed by atoms with E-state index in [1.165, 1.54) is 12.7 Å². The van der Waals surface area contributed by atoms with Gasteiger partial charge in [0, 0.05) is 13.0 Å². The summed E-state index contributed by atoms with van der Waals surface area (Å²) in [4.78, 5) is 42.7. The molecule has 2 heterocycles. The summed E-state index contributed by atoms with van der Waals surface area (Å²) < 4.78 is 17.5. The van der Waals surface area contributed by atoms with Crippen LogP contribution in [0.25, 0.3) is 11.2 Å². The molecule has 10 nitrogen and oxygen atoms in total. The van der Waals surface area contributed by atoms with E-state index in [9.17, 15) is 9.36 Å². The van der Waals surface area contributed by atoms with Crippen LogP contribution in [0.15, 0.2) is 73.4 Å². The lowest BCUT2D eigenvalue weighted by Crippen LogP contribution is -2.13. The largest absolute Gasteiger partial charge is 0.367 e. The number of anilines is 1. The van der Waals surface area contributed by atoms with Crippen LogP contribution in [0.3, 0.4) is 0 Å². The van der Waals surface area contributed by atoms with Gasteiger partial charge in [0.05, 0.1) is 12.9 Å². The van der Waals surface area contributed by atoms with Crippen molar-refractivity contribution in [1.82, 2.24) is 19.5 Å². The molecular formula is C28H40N5O5P. The molecule has 0 aromatic carbocycles. The number of fused-ring (bicyclic) bond motifs is 1. The molecule has 0 saturated heterocycles. The fourth-order valence-electron chi connectivity index (χ4n) is 3.43. The molecule has 0 aliphatic rings. The number of amides is 1. The molecule has 3 N–H and O–H groups in total. The molecule has 0 bridgehead atoms. The van der Waals surface area contributed by atoms with E-state index in [0.29, 0.717) is 29.9 Å². The number of imidazole rings is 1. The molecule has 0 atom stereocenters. The summed E-state index contributed by atoms with van der Waals surface area (Å²) in [7, 11) is -4.21. The zero-order valence-electron chi connectivity index (χ0n) is 22.6. The van der Waals surface area contributed by atoms with Gasteiger partial charge in [-0.05, 0) is 44.9 Å². The molecule has 0 aliphatic carbocycles. The number of rotatable bonds is 19. The number of nitrogens with zero attached hydrogens (tertiary/aromatic N) is 4. The van der Waals surface area contributed by atoms with Gasteiger partial charge in [-0.1, -0.05) is 67.7 Å². The van der Waals surface area contributed by atoms with E-state index in [0.717, 1.165) is 44.9 Å². The van der Waals surface area contributed by atoms with Gasteiger partial charge in [-0.25, -0.2) is 15.0 Å². The Morgan fingerprint density at radius 2 is 1.56 bits per heavy atom. The van der Waals surface area contributed by atoms with Crippen LogP contribution in [0, 0.1) is 0 Å². The van der Waals surface area contributed by atoms with Gasteiger partial charge in [0.2, 0.25) is 5.91 Å². The molecule has 0 fully saturated rings. The zero-order valence-corrected chi connectivity index (χ0v) is 23.5. The second kappa shape index (κ2) is 19.0. The lowest BCUT2D eigenvalue weighted by molar-refractivity contribution is -0.116. The van der Waals surface area contributed by atoms with Crippen molar-refractivity contribution in [3.05, 3.63) is 73.4 Å². The first-order valence-electron chi connectivity index (χ1n) is 13.2. The lowest BCUT2D eigenvalue weighted by atomic mass is 10.2. The van der Waals surface area contributed by atoms with Crippen molar-refractivity contribution in [3.63, 3.8) is 0 Å². The van der Waals surface area contributed by atoms with E-state index in [1.54, 1.807) is 4.57 Å². The number of hydrogen-bond donors (Lipinski definition) is 3. The first-order chi connectivity index (χ1) is 18.9. The summed E-state index contributed by atoms with van der Waals surface area (Å²) in [5.41, 5.74) is 0.942. The predicted octanol–water partition coefficient (Wildman–Crippen LogP) is 5.84. The van der Waals surface area contributed by atoms with E-state index < -0.39 is 13.9 Å². The third-order valence-electron chi connectivity index (χ3n) is 5.33. The van der Waals surface area contributed by atoms with E-state index in [2.05, 4.69) is 88.0 Å².